The van der Waals surface area contributed by atoms with Gasteiger partial charge in [0.1, 0.15) is 10.8 Å². The lowest BCUT2D eigenvalue weighted by molar-refractivity contribution is -0.125. The van der Waals surface area contributed by atoms with Crippen LogP contribution in [0.4, 0.5) is 5.69 Å². The van der Waals surface area contributed by atoms with E-state index in [0.29, 0.717) is 12.5 Å². The van der Waals surface area contributed by atoms with Crippen LogP contribution in [0.15, 0.2) is 53.9 Å². The average molecular weight is 378 g/mol. The molecule has 4 nitrogen and oxygen atoms in total. The molecule has 2 aromatic carbocycles. The maximum absolute atomic E-state index is 12.6. The van der Waals surface area contributed by atoms with E-state index in [1.807, 2.05) is 41.3 Å². The maximum Gasteiger partial charge on any atom is 0.267 e. The van der Waals surface area contributed by atoms with Gasteiger partial charge in [0.05, 0.1) is 11.4 Å². The number of hydrogen-bond acceptors (Lipinski definition) is 4. The molecule has 0 radical (unpaired) electrons. The predicted molar refractivity (Wildman–Crippen MR) is 110 cm³/mol. The molecule has 1 atom stereocenters. The molecule has 1 aliphatic rings. The lowest BCUT2D eigenvalue weighted by atomic mass is 10.1. The van der Waals surface area contributed by atoms with E-state index >= 15 is 0 Å². The Hall–Kier alpha value is -2.66. The minimum Gasteiger partial charge on any atom is -0.479 e. The summed E-state index contributed by atoms with van der Waals surface area (Å²) in [6.45, 7) is 6.71. The van der Waals surface area contributed by atoms with Crippen molar-refractivity contribution in [3.8, 4) is 27.6 Å². The van der Waals surface area contributed by atoms with E-state index in [0.717, 1.165) is 33.3 Å². The average Bonchev–Trinajstić information content (AvgIpc) is 3.16. The minimum atomic E-state index is -0.453. The van der Waals surface area contributed by atoms with Crippen molar-refractivity contribution < 1.29 is 9.53 Å². The molecule has 1 aromatic heterocycles. The van der Waals surface area contributed by atoms with Crippen molar-refractivity contribution in [3.63, 3.8) is 0 Å². The molecule has 27 heavy (non-hydrogen) atoms. The van der Waals surface area contributed by atoms with Crippen molar-refractivity contribution in [2.24, 2.45) is 5.92 Å². The summed E-state index contributed by atoms with van der Waals surface area (Å²) in [5.41, 5.74) is 3.85. The number of benzene rings is 2. The Bertz CT molecular complexity index is 965. The molecule has 0 saturated carbocycles. The molecule has 4 rings (SSSR count). The Labute approximate surface area is 163 Å². The van der Waals surface area contributed by atoms with Gasteiger partial charge in [-0.1, -0.05) is 44.2 Å². The van der Waals surface area contributed by atoms with Crippen LogP contribution < -0.4 is 9.64 Å². The molecule has 0 fully saturated rings. The Morgan fingerprint density at radius 3 is 2.67 bits per heavy atom. The van der Waals surface area contributed by atoms with Gasteiger partial charge in [-0.3, -0.25) is 4.79 Å². The standard InChI is InChI=1S/C22H22N2O2S/c1-14(2)12-24-19-11-17(9-10-20(19)26-15(3)22(24)25)18-13-27-21(23-18)16-7-5-4-6-8-16/h4-11,13-15H,12H2,1-3H3. The van der Waals surface area contributed by atoms with E-state index in [9.17, 15) is 4.79 Å². The number of aromatic nitrogens is 1. The maximum atomic E-state index is 12.6. The Balaban J connectivity index is 1.71. The highest BCUT2D eigenvalue weighted by molar-refractivity contribution is 7.13. The zero-order valence-electron chi connectivity index (χ0n) is 15.7. The number of ether oxygens (including phenoxy) is 1. The Morgan fingerprint density at radius 1 is 1.15 bits per heavy atom. The van der Waals surface area contributed by atoms with Crippen LogP contribution in [0.3, 0.4) is 0 Å². The largest absolute Gasteiger partial charge is 0.479 e. The number of thiazole rings is 1. The van der Waals surface area contributed by atoms with Gasteiger partial charge in [0, 0.05) is 23.1 Å². The number of anilines is 1. The first-order valence-electron chi connectivity index (χ1n) is 9.16. The first-order valence-corrected chi connectivity index (χ1v) is 10.0. The zero-order valence-corrected chi connectivity index (χ0v) is 16.5. The van der Waals surface area contributed by atoms with Crippen LogP contribution in [0.1, 0.15) is 20.8 Å². The highest BCUT2D eigenvalue weighted by Crippen LogP contribution is 2.38. The predicted octanol–water partition coefficient (Wildman–Crippen LogP) is 5.25. The lowest BCUT2D eigenvalue weighted by Gasteiger charge is -2.34. The van der Waals surface area contributed by atoms with Crippen LogP contribution >= 0.6 is 11.3 Å². The SMILES string of the molecule is CC(C)CN1C(=O)C(C)Oc2ccc(-c3csc(-c4ccccc4)n3)cc21. The van der Waals surface area contributed by atoms with Gasteiger partial charge in [-0.15, -0.1) is 11.3 Å². The van der Waals surface area contributed by atoms with Crippen molar-refractivity contribution in [1.29, 1.82) is 0 Å². The van der Waals surface area contributed by atoms with Gasteiger partial charge in [-0.25, -0.2) is 4.98 Å². The van der Waals surface area contributed by atoms with Crippen LogP contribution in [0.5, 0.6) is 5.75 Å². The summed E-state index contributed by atoms with van der Waals surface area (Å²) in [7, 11) is 0. The topological polar surface area (TPSA) is 42.4 Å². The van der Waals surface area contributed by atoms with Crippen molar-refractivity contribution in [3.05, 3.63) is 53.9 Å². The molecule has 0 bridgehead atoms. The van der Waals surface area contributed by atoms with Crippen molar-refractivity contribution in [2.45, 2.75) is 26.9 Å². The molecule has 1 unspecified atom stereocenters. The Kier molecular flexibility index (Phi) is 4.70. The normalized spacial score (nSPS) is 16.4. The summed E-state index contributed by atoms with van der Waals surface area (Å²) in [4.78, 5) is 19.3. The molecule has 1 amide bonds. The highest BCUT2D eigenvalue weighted by Gasteiger charge is 2.32. The number of hydrogen-bond donors (Lipinski definition) is 0. The number of rotatable bonds is 4. The van der Waals surface area contributed by atoms with E-state index < -0.39 is 6.10 Å². The fraction of sp³-hybridized carbons (Fsp3) is 0.273. The second-order valence-corrected chi connectivity index (χ2v) is 8.05. The van der Waals surface area contributed by atoms with Crippen LogP contribution in [0.25, 0.3) is 21.8 Å². The van der Waals surface area contributed by atoms with E-state index in [-0.39, 0.29) is 5.91 Å². The van der Waals surface area contributed by atoms with Gasteiger partial charge < -0.3 is 9.64 Å². The van der Waals surface area contributed by atoms with Crippen LogP contribution in [-0.4, -0.2) is 23.5 Å². The third-order valence-corrected chi connectivity index (χ3v) is 5.43. The number of carbonyl (C=O) groups is 1. The molecule has 0 spiro atoms. The van der Waals surface area contributed by atoms with E-state index in [2.05, 4.69) is 31.4 Å². The second kappa shape index (κ2) is 7.16. The first kappa shape index (κ1) is 17.7. The highest BCUT2D eigenvalue weighted by atomic mass is 32.1. The van der Waals surface area contributed by atoms with E-state index in [1.165, 1.54) is 0 Å². The summed E-state index contributed by atoms with van der Waals surface area (Å²) < 4.78 is 5.81. The van der Waals surface area contributed by atoms with Gasteiger partial charge in [0.15, 0.2) is 6.10 Å². The molecule has 0 saturated heterocycles. The fourth-order valence-corrected chi connectivity index (χ4v) is 4.07. The fourth-order valence-electron chi connectivity index (χ4n) is 3.24. The molecule has 3 aromatic rings. The van der Waals surface area contributed by atoms with Gasteiger partial charge in [-0.2, -0.15) is 0 Å². The number of amides is 1. The number of fused-ring (bicyclic) bond motifs is 1. The molecule has 0 aliphatic carbocycles. The molecule has 138 valence electrons. The van der Waals surface area contributed by atoms with Gasteiger partial charge in [-0.05, 0) is 31.0 Å². The third-order valence-electron chi connectivity index (χ3n) is 4.54. The molecule has 2 heterocycles. The quantitative estimate of drug-likeness (QED) is 0.623. The summed E-state index contributed by atoms with van der Waals surface area (Å²) in [5.74, 6) is 1.14. The first-order chi connectivity index (χ1) is 13.0. The monoisotopic (exact) mass is 378 g/mol. The second-order valence-electron chi connectivity index (χ2n) is 7.19. The van der Waals surface area contributed by atoms with Crippen molar-refractivity contribution >= 4 is 22.9 Å². The molecule has 1 aliphatic heterocycles. The van der Waals surface area contributed by atoms with Gasteiger partial charge in [0.2, 0.25) is 0 Å². The summed E-state index contributed by atoms with van der Waals surface area (Å²) in [5, 5.41) is 3.05. The summed E-state index contributed by atoms with van der Waals surface area (Å²) in [6.07, 6.45) is -0.453. The third kappa shape index (κ3) is 3.47. The molecule has 5 heteroatoms. The van der Waals surface area contributed by atoms with Crippen molar-refractivity contribution in [1.82, 2.24) is 4.98 Å². The van der Waals surface area contributed by atoms with Crippen LogP contribution in [0, 0.1) is 5.92 Å². The minimum absolute atomic E-state index is 0.0107. The van der Waals surface area contributed by atoms with Crippen LogP contribution in [-0.2, 0) is 4.79 Å². The lowest BCUT2D eigenvalue weighted by Crippen LogP contribution is -2.46. The summed E-state index contributed by atoms with van der Waals surface area (Å²) >= 11 is 1.62. The molecule has 0 N–H and O–H groups in total. The van der Waals surface area contributed by atoms with Gasteiger partial charge in [0.25, 0.3) is 5.91 Å². The molecular weight excluding hydrogens is 356 g/mol. The van der Waals surface area contributed by atoms with E-state index in [4.69, 9.17) is 9.72 Å². The zero-order chi connectivity index (χ0) is 19.0. The van der Waals surface area contributed by atoms with Crippen LogP contribution in [0.2, 0.25) is 0 Å². The van der Waals surface area contributed by atoms with E-state index in [1.54, 1.807) is 18.3 Å². The summed E-state index contributed by atoms with van der Waals surface area (Å²) in [6, 6.07) is 16.1. The smallest absolute Gasteiger partial charge is 0.267 e. The van der Waals surface area contributed by atoms with Gasteiger partial charge >= 0.3 is 0 Å². The Morgan fingerprint density at radius 2 is 1.93 bits per heavy atom. The number of nitrogens with zero attached hydrogens (tertiary/aromatic N) is 2. The number of carbonyl (C=O) groups excluding carboxylic acids is 1. The molecular formula is C22H22N2O2S. The van der Waals surface area contributed by atoms with Crippen molar-refractivity contribution in [2.75, 3.05) is 11.4 Å².